The first-order valence-corrected chi connectivity index (χ1v) is 1.43. The summed E-state index contributed by atoms with van der Waals surface area (Å²) in [5.41, 5.74) is 2.34. The largest absolute Gasteiger partial charge is 0.428 e. The van der Waals surface area contributed by atoms with Crippen molar-refractivity contribution in [3.8, 4) is 0 Å². The van der Waals surface area contributed by atoms with E-state index in [2.05, 4.69) is 29.4 Å². The van der Waals surface area contributed by atoms with Gasteiger partial charge in [-0.15, -0.1) is 0 Å². The van der Waals surface area contributed by atoms with Gasteiger partial charge in [-0.25, -0.2) is 0 Å². The van der Waals surface area contributed by atoms with E-state index in [-0.39, 0.29) is 0 Å². The smallest absolute Gasteiger partial charge is 0.142 e. The van der Waals surface area contributed by atoms with Crippen molar-refractivity contribution in [3.63, 3.8) is 0 Å². The minimum atomic E-state index is 1.25. The highest BCUT2D eigenvalue weighted by Gasteiger charge is 1.44. The summed E-state index contributed by atoms with van der Waals surface area (Å²) in [6.45, 7) is 3.20. The zero-order valence-electron chi connectivity index (χ0n) is 2.64. The number of hydrogen-bond acceptors (Lipinski definition) is 2. The molecule has 0 rings (SSSR count). The predicted molar refractivity (Wildman–Crippen MR) is 23.8 cm³/mol. The monoisotopic (exact) mass is 88.0 g/mol. The highest BCUT2D eigenvalue weighted by Crippen LogP contribution is 1.72. The summed E-state index contributed by atoms with van der Waals surface area (Å²) in [7, 11) is 0. The van der Waals surface area contributed by atoms with Crippen LogP contribution in [0.1, 0.15) is 0 Å². The molecule has 2 heteroatoms. The maximum absolute atomic E-state index is 4.09. The van der Waals surface area contributed by atoms with Gasteiger partial charge in [-0.1, -0.05) is 12.3 Å². The summed E-state index contributed by atoms with van der Waals surface area (Å²) in [5, 5.41) is 0. The first kappa shape index (κ1) is 4.67. The minimum absolute atomic E-state index is 1.25. The molecule has 5 heavy (non-hydrogen) atoms. The molecule has 0 unspecified atom stereocenters. The molecule has 0 aliphatic rings. The Balaban J connectivity index is 2.93. The van der Waals surface area contributed by atoms with E-state index in [0.29, 0.717) is 0 Å². The SMILES string of the molecule is C=C=COS. The van der Waals surface area contributed by atoms with Gasteiger partial charge in [0.25, 0.3) is 0 Å². The van der Waals surface area contributed by atoms with E-state index in [9.17, 15) is 0 Å². The van der Waals surface area contributed by atoms with Gasteiger partial charge in [0.15, 0.2) is 0 Å². The molecule has 0 amide bonds. The van der Waals surface area contributed by atoms with E-state index in [1.165, 1.54) is 6.26 Å². The summed E-state index contributed by atoms with van der Waals surface area (Å²) in [5.74, 6) is 0. The van der Waals surface area contributed by atoms with Crippen LogP contribution in [0.5, 0.6) is 0 Å². The Labute approximate surface area is 36.6 Å². The van der Waals surface area contributed by atoms with Crippen molar-refractivity contribution in [2.75, 3.05) is 0 Å². The lowest BCUT2D eigenvalue weighted by Crippen LogP contribution is -1.41. The highest BCUT2D eigenvalue weighted by atomic mass is 32.1. The summed E-state index contributed by atoms with van der Waals surface area (Å²) in [6, 6.07) is 0. The van der Waals surface area contributed by atoms with Crippen LogP contribution in [0.15, 0.2) is 18.6 Å². The molecule has 0 atom stereocenters. The summed E-state index contributed by atoms with van der Waals surface area (Å²) >= 11 is 3.34. The molecule has 0 saturated heterocycles. The average molecular weight is 88.1 g/mol. The van der Waals surface area contributed by atoms with Crippen LogP contribution in [-0.2, 0) is 4.18 Å². The van der Waals surface area contributed by atoms with Crippen LogP contribution in [0.3, 0.4) is 0 Å². The third-order valence-corrected chi connectivity index (χ3v) is 0.241. The lowest BCUT2D eigenvalue weighted by molar-refractivity contribution is 0.579. The Morgan fingerprint density at radius 2 is 2.60 bits per heavy atom. The zero-order valence-corrected chi connectivity index (χ0v) is 3.53. The summed E-state index contributed by atoms with van der Waals surface area (Å²) in [4.78, 5) is 0. The van der Waals surface area contributed by atoms with Crippen LogP contribution >= 0.6 is 12.9 Å². The molecule has 0 aromatic carbocycles. The van der Waals surface area contributed by atoms with Crippen molar-refractivity contribution < 1.29 is 4.18 Å². The van der Waals surface area contributed by atoms with Crippen molar-refractivity contribution in [2.45, 2.75) is 0 Å². The topological polar surface area (TPSA) is 9.23 Å². The van der Waals surface area contributed by atoms with Crippen LogP contribution in [0.25, 0.3) is 0 Å². The Morgan fingerprint density at radius 1 is 2.00 bits per heavy atom. The summed E-state index contributed by atoms with van der Waals surface area (Å²) < 4.78 is 4.09. The molecule has 0 saturated carbocycles. The van der Waals surface area contributed by atoms with Gasteiger partial charge in [-0.2, -0.15) is 0 Å². The van der Waals surface area contributed by atoms with Crippen molar-refractivity contribution >= 4 is 12.9 Å². The zero-order chi connectivity index (χ0) is 4.12. The van der Waals surface area contributed by atoms with Gasteiger partial charge >= 0.3 is 0 Å². The average Bonchev–Trinajstić information content (AvgIpc) is 1.41. The predicted octanol–water partition coefficient (Wildman–Crippen LogP) is 1.15. The second kappa shape index (κ2) is 3.67. The van der Waals surface area contributed by atoms with Gasteiger partial charge in [0, 0.05) is 12.9 Å². The van der Waals surface area contributed by atoms with Crippen molar-refractivity contribution in [1.82, 2.24) is 0 Å². The fourth-order valence-corrected chi connectivity index (χ4v) is 0.112. The highest BCUT2D eigenvalue weighted by molar-refractivity contribution is 7.75. The van der Waals surface area contributed by atoms with Crippen LogP contribution in [0.2, 0.25) is 0 Å². The number of hydrogen-bond donors (Lipinski definition) is 1. The molecule has 0 N–H and O–H groups in total. The van der Waals surface area contributed by atoms with Crippen LogP contribution in [0, 0.1) is 0 Å². The van der Waals surface area contributed by atoms with Crippen LogP contribution < -0.4 is 0 Å². The molecule has 0 bridgehead atoms. The van der Waals surface area contributed by atoms with Crippen LogP contribution in [-0.4, -0.2) is 0 Å². The molecule has 0 aromatic heterocycles. The maximum atomic E-state index is 4.09. The second-order valence-corrected chi connectivity index (χ2v) is 0.638. The van der Waals surface area contributed by atoms with E-state index in [1.54, 1.807) is 0 Å². The molecule has 0 fully saturated rings. The number of thiol groups is 1. The lowest BCUT2D eigenvalue weighted by atomic mass is 11.0. The Hall–Kier alpha value is -0.330. The molecule has 1 nitrogen and oxygen atoms in total. The quantitative estimate of drug-likeness (QED) is 0.219. The van der Waals surface area contributed by atoms with Gasteiger partial charge in [0.1, 0.15) is 6.26 Å². The molecule has 0 radical (unpaired) electrons. The van der Waals surface area contributed by atoms with Gasteiger partial charge in [0.2, 0.25) is 0 Å². The minimum Gasteiger partial charge on any atom is -0.428 e. The van der Waals surface area contributed by atoms with Crippen molar-refractivity contribution in [1.29, 1.82) is 0 Å². The van der Waals surface area contributed by atoms with E-state index in [0.717, 1.165) is 0 Å². The third-order valence-electron chi connectivity index (χ3n) is 0.136. The molecule has 0 aliphatic carbocycles. The van der Waals surface area contributed by atoms with E-state index in [1.807, 2.05) is 0 Å². The molecule has 0 spiro atoms. The van der Waals surface area contributed by atoms with E-state index < -0.39 is 0 Å². The van der Waals surface area contributed by atoms with Gasteiger partial charge in [-0.3, -0.25) is 0 Å². The Bertz CT molecular complexity index is 53.9. The van der Waals surface area contributed by atoms with Gasteiger partial charge < -0.3 is 4.18 Å². The fraction of sp³-hybridized carbons (Fsp3) is 0. The summed E-state index contributed by atoms with van der Waals surface area (Å²) in [6.07, 6.45) is 1.25. The third kappa shape index (κ3) is 3.67. The first-order chi connectivity index (χ1) is 2.41. The normalized spacial score (nSPS) is 5.00. The molecule has 0 aliphatic heterocycles. The standard InChI is InChI=1S/C3H4OS/c1-2-3-4-5/h3,5H,1H2. The van der Waals surface area contributed by atoms with E-state index >= 15 is 0 Å². The fourth-order valence-electron chi connectivity index (χ4n) is 0.0373. The van der Waals surface area contributed by atoms with Crippen molar-refractivity contribution in [3.05, 3.63) is 18.6 Å². The molecule has 0 heterocycles. The second-order valence-electron chi connectivity index (χ2n) is 0.427. The van der Waals surface area contributed by atoms with Crippen LogP contribution in [0.4, 0.5) is 0 Å². The van der Waals surface area contributed by atoms with E-state index in [4.69, 9.17) is 0 Å². The number of rotatable bonds is 1. The maximum Gasteiger partial charge on any atom is 0.142 e. The lowest BCUT2D eigenvalue weighted by Gasteiger charge is -1.69. The molecule has 28 valence electrons. The molecule has 0 aromatic rings. The first-order valence-electron chi connectivity index (χ1n) is 1.06. The Morgan fingerprint density at radius 3 is 2.60 bits per heavy atom. The van der Waals surface area contributed by atoms with Crippen molar-refractivity contribution in [2.24, 2.45) is 0 Å². The van der Waals surface area contributed by atoms with Gasteiger partial charge in [-0.05, 0) is 0 Å². The Kier molecular flexibility index (Phi) is 3.43. The molecular formula is C3H4OS. The molecular weight excluding hydrogens is 84.1 g/mol. The van der Waals surface area contributed by atoms with Gasteiger partial charge in [0.05, 0.1) is 0 Å².